The summed E-state index contributed by atoms with van der Waals surface area (Å²) in [4.78, 5) is 49.5. The summed E-state index contributed by atoms with van der Waals surface area (Å²) in [6, 6.07) is 3.99. The van der Waals surface area contributed by atoms with Crippen LogP contribution in [0.4, 0.5) is 5.69 Å². The zero-order valence-electron chi connectivity index (χ0n) is 15.6. The van der Waals surface area contributed by atoms with Crippen molar-refractivity contribution in [3.8, 4) is 5.75 Å². The smallest absolute Gasteiger partial charge is 0.343 e. The van der Waals surface area contributed by atoms with E-state index < -0.39 is 34.8 Å². The summed E-state index contributed by atoms with van der Waals surface area (Å²) in [5, 5.41) is 11.1. The van der Waals surface area contributed by atoms with Gasteiger partial charge in [0.2, 0.25) is 5.91 Å². The first-order valence-corrected chi connectivity index (χ1v) is 8.20. The molecule has 1 aromatic rings. The van der Waals surface area contributed by atoms with Crippen LogP contribution in [-0.2, 0) is 29.6 Å². The van der Waals surface area contributed by atoms with Crippen molar-refractivity contribution >= 4 is 23.5 Å². The molecule has 0 heterocycles. The van der Waals surface area contributed by atoms with Crippen LogP contribution < -0.4 is 10.2 Å². The Kier molecular flexibility index (Phi) is 7.70. The van der Waals surface area contributed by atoms with Gasteiger partial charge in [-0.05, 0) is 18.9 Å². The Morgan fingerprint density at radius 3 is 2.30 bits per heavy atom. The number of carbonyl (C=O) groups excluding carboxylic acids is 3. The number of carbonyl (C=O) groups is 3. The monoisotopic (exact) mass is 382 g/mol. The number of nitro groups is 1. The first-order valence-electron chi connectivity index (χ1n) is 8.20. The number of hydrogen-bond donors (Lipinski definition) is 1. The van der Waals surface area contributed by atoms with Crippen molar-refractivity contribution in [1.29, 1.82) is 0 Å². The number of methoxy groups -OCH3 is 1. The molecule has 10 nitrogen and oxygen atoms in total. The molecule has 148 valence electrons. The molecule has 0 saturated carbocycles. The molecule has 1 rings (SSSR count). The molecular weight excluding hydrogens is 360 g/mol. The summed E-state index contributed by atoms with van der Waals surface area (Å²) in [6.07, 6.45) is -0.166. The number of benzene rings is 1. The van der Waals surface area contributed by atoms with Gasteiger partial charge in [-0.3, -0.25) is 19.7 Å². The standard InChI is InChI=1S/C17H22N2O8/c1-5-17(6-2,26-15(21)10-16(22)27-18-11(3)20)13-9-12(19(23)24)7-8-14(13)25-4/h7-9H,5-6,10H2,1-4H3,(H,18,20). The van der Waals surface area contributed by atoms with E-state index in [0.717, 1.165) is 6.92 Å². The van der Waals surface area contributed by atoms with Gasteiger partial charge in [-0.1, -0.05) is 13.8 Å². The summed E-state index contributed by atoms with van der Waals surface area (Å²) in [5.74, 6) is -2.18. The van der Waals surface area contributed by atoms with E-state index >= 15 is 0 Å². The predicted molar refractivity (Wildman–Crippen MR) is 92.5 cm³/mol. The lowest BCUT2D eigenvalue weighted by Gasteiger charge is -2.33. The first kappa shape index (κ1) is 21.9. The number of nitrogens with one attached hydrogen (secondary N) is 1. The van der Waals surface area contributed by atoms with Crippen molar-refractivity contribution in [3.05, 3.63) is 33.9 Å². The number of amides is 1. The molecular formula is C17H22N2O8. The molecule has 0 radical (unpaired) electrons. The quantitative estimate of drug-likeness (QED) is 0.313. The molecule has 0 bridgehead atoms. The van der Waals surface area contributed by atoms with E-state index in [1.807, 2.05) is 5.48 Å². The van der Waals surface area contributed by atoms with E-state index in [9.17, 15) is 24.5 Å². The van der Waals surface area contributed by atoms with Gasteiger partial charge < -0.3 is 14.3 Å². The third-order valence-corrected chi connectivity index (χ3v) is 3.93. The lowest BCUT2D eigenvalue weighted by molar-refractivity contribution is -0.385. The highest BCUT2D eigenvalue weighted by molar-refractivity contribution is 5.91. The van der Waals surface area contributed by atoms with Crippen LogP contribution >= 0.6 is 0 Å². The molecule has 1 amide bonds. The van der Waals surface area contributed by atoms with E-state index in [4.69, 9.17) is 9.47 Å². The second kappa shape index (κ2) is 9.51. The maximum absolute atomic E-state index is 12.2. The fraction of sp³-hybridized carbons (Fsp3) is 0.471. The van der Waals surface area contributed by atoms with Crippen molar-refractivity contribution in [2.75, 3.05) is 7.11 Å². The molecule has 10 heteroatoms. The van der Waals surface area contributed by atoms with Gasteiger partial charge in [0.25, 0.3) is 5.69 Å². The van der Waals surface area contributed by atoms with E-state index in [2.05, 4.69) is 4.84 Å². The topological polar surface area (TPSA) is 134 Å². The Morgan fingerprint density at radius 2 is 1.81 bits per heavy atom. The van der Waals surface area contributed by atoms with Gasteiger partial charge in [-0.25, -0.2) is 4.79 Å². The third kappa shape index (κ3) is 5.66. The fourth-order valence-electron chi connectivity index (χ4n) is 2.53. The van der Waals surface area contributed by atoms with Crippen LogP contribution in [0.1, 0.15) is 45.6 Å². The number of hydroxylamine groups is 1. The second-order valence-corrected chi connectivity index (χ2v) is 5.63. The van der Waals surface area contributed by atoms with Gasteiger partial charge in [0.1, 0.15) is 17.8 Å². The minimum Gasteiger partial charge on any atom is -0.496 e. The number of esters is 1. The fourth-order valence-corrected chi connectivity index (χ4v) is 2.53. The predicted octanol–water partition coefficient (Wildman–Crippen LogP) is 2.15. The molecule has 0 atom stereocenters. The molecule has 0 aliphatic rings. The normalized spacial score (nSPS) is 10.7. The van der Waals surface area contributed by atoms with Crippen molar-refractivity contribution in [2.45, 2.75) is 45.6 Å². The molecule has 1 aromatic carbocycles. The lowest BCUT2D eigenvalue weighted by Crippen LogP contribution is -2.33. The molecule has 0 unspecified atom stereocenters. The molecule has 0 aliphatic heterocycles. The van der Waals surface area contributed by atoms with Crippen LogP contribution in [0.15, 0.2) is 18.2 Å². The summed E-state index contributed by atoms with van der Waals surface area (Å²) < 4.78 is 10.8. The van der Waals surface area contributed by atoms with Crippen molar-refractivity contribution in [3.63, 3.8) is 0 Å². The molecule has 0 fully saturated rings. The summed E-state index contributed by atoms with van der Waals surface area (Å²) >= 11 is 0. The molecule has 1 N–H and O–H groups in total. The van der Waals surface area contributed by atoms with E-state index in [0.29, 0.717) is 11.3 Å². The summed E-state index contributed by atoms with van der Waals surface area (Å²) in [6.45, 7) is 4.62. The van der Waals surface area contributed by atoms with Crippen LogP contribution in [0.3, 0.4) is 0 Å². The molecule has 27 heavy (non-hydrogen) atoms. The van der Waals surface area contributed by atoms with E-state index in [1.165, 1.54) is 25.3 Å². The van der Waals surface area contributed by atoms with Crippen molar-refractivity contribution in [2.24, 2.45) is 0 Å². The number of nitrogens with zero attached hydrogens (tertiary/aromatic N) is 1. The van der Waals surface area contributed by atoms with Crippen molar-refractivity contribution in [1.82, 2.24) is 5.48 Å². The maximum atomic E-state index is 12.2. The minimum absolute atomic E-state index is 0.182. The second-order valence-electron chi connectivity index (χ2n) is 5.63. The number of non-ortho nitro benzene ring substituents is 1. The SMILES string of the molecule is CCC(CC)(OC(=O)CC(=O)ONC(C)=O)c1cc([N+](=O)[O-])ccc1OC. The number of rotatable bonds is 8. The van der Waals surface area contributed by atoms with Gasteiger partial charge in [0.05, 0.1) is 12.0 Å². The van der Waals surface area contributed by atoms with Crippen molar-refractivity contribution < 1.29 is 33.6 Å². The van der Waals surface area contributed by atoms with Crippen LogP contribution in [-0.4, -0.2) is 29.9 Å². The van der Waals surface area contributed by atoms with Crippen LogP contribution in [0.5, 0.6) is 5.75 Å². The Balaban J connectivity index is 3.13. The lowest BCUT2D eigenvalue weighted by atomic mass is 9.87. The number of nitro benzene ring substituents is 1. The number of hydrogen-bond acceptors (Lipinski definition) is 8. The Labute approximate surface area is 155 Å². The van der Waals surface area contributed by atoms with Gasteiger partial charge in [0.15, 0.2) is 0 Å². The number of ether oxygens (including phenoxy) is 2. The summed E-state index contributed by atoms with van der Waals surface area (Å²) in [7, 11) is 1.40. The van der Waals surface area contributed by atoms with Gasteiger partial charge >= 0.3 is 11.9 Å². The Bertz CT molecular complexity index is 728. The van der Waals surface area contributed by atoms with E-state index in [-0.39, 0.29) is 18.5 Å². The van der Waals surface area contributed by atoms with Crippen LogP contribution in [0.25, 0.3) is 0 Å². The highest BCUT2D eigenvalue weighted by Gasteiger charge is 2.37. The van der Waals surface area contributed by atoms with Gasteiger partial charge in [-0.15, -0.1) is 0 Å². The molecule has 0 spiro atoms. The van der Waals surface area contributed by atoms with Crippen LogP contribution in [0, 0.1) is 10.1 Å². The zero-order valence-corrected chi connectivity index (χ0v) is 15.6. The van der Waals surface area contributed by atoms with Gasteiger partial charge in [0, 0.05) is 24.6 Å². The zero-order chi connectivity index (χ0) is 20.6. The minimum atomic E-state index is -1.23. The maximum Gasteiger partial charge on any atom is 0.343 e. The highest BCUT2D eigenvalue weighted by Crippen LogP contribution is 2.40. The molecule has 0 saturated heterocycles. The Hall–Kier alpha value is -3.17. The van der Waals surface area contributed by atoms with Gasteiger partial charge in [-0.2, -0.15) is 5.48 Å². The molecule has 0 aromatic heterocycles. The highest BCUT2D eigenvalue weighted by atomic mass is 16.7. The largest absolute Gasteiger partial charge is 0.496 e. The van der Waals surface area contributed by atoms with Crippen LogP contribution in [0.2, 0.25) is 0 Å². The average molecular weight is 382 g/mol. The molecule has 0 aliphatic carbocycles. The first-order chi connectivity index (χ1) is 12.7. The third-order valence-electron chi connectivity index (χ3n) is 3.93. The Morgan fingerprint density at radius 1 is 1.19 bits per heavy atom. The van der Waals surface area contributed by atoms with E-state index in [1.54, 1.807) is 13.8 Å². The summed E-state index contributed by atoms with van der Waals surface area (Å²) in [5.41, 5.74) is 0.731. The average Bonchev–Trinajstić information content (AvgIpc) is 2.63.